The average Bonchev–Trinajstić information content (AvgIpc) is 2.22. The summed E-state index contributed by atoms with van der Waals surface area (Å²) in [5.74, 6) is 0. The molecule has 0 amide bonds. The number of phosphoric acid groups is 1. The molecular formula is C6H13N2O8P. The van der Waals surface area contributed by atoms with Crippen LogP contribution in [0.5, 0.6) is 0 Å². The van der Waals surface area contributed by atoms with E-state index in [0.29, 0.717) is 0 Å². The third kappa shape index (κ3) is 3.76. The fraction of sp³-hybridized carbons (Fsp3) is 1.00. The summed E-state index contributed by atoms with van der Waals surface area (Å²) in [7, 11) is -4.74. The van der Waals surface area contributed by atoms with E-state index in [2.05, 4.69) is 9.70 Å². The molecule has 0 spiro atoms. The summed E-state index contributed by atoms with van der Waals surface area (Å²) in [5.41, 5.74) is 5.31. The number of nitrogens with two attached hydrogens (primary N) is 1. The Morgan fingerprint density at radius 2 is 2.00 bits per heavy atom. The van der Waals surface area contributed by atoms with Crippen molar-refractivity contribution >= 4 is 7.82 Å². The number of nitrogens with zero attached hydrogens (tertiary/aromatic N) is 1. The van der Waals surface area contributed by atoms with Gasteiger partial charge >= 0.3 is 7.82 Å². The van der Waals surface area contributed by atoms with Gasteiger partial charge in [-0.3, -0.25) is 4.52 Å². The number of nitroso groups, excluding NO2 is 1. The first-order valence-electron chi connectivity index (χ1n) is 4.56. The van der Waals surface area contributed by atoms with Crippen molar-refractivity contribution in [2.24, 2.45) is 10.9 Å². The van der Waals surface area contributed by atoms with Gasteiger partial charge in [-0.25, -0.2) is 4.57 Å². The summed E-state index contributed by atoms with van der Waals surface area (Å²) in [6.45, 7) is -0.707. The van der Waals surface area contributed by atoms with Crippen LogP contribution in [-0.4, -0.2) is 57.2 Å². The van der Waals surface area contributed by atoms with Crippen molar-refractivity contribution in [3.8, 4) is 0 Å². The predicted molar refractivity (Wildman–Crippen MR) is 52.4 cm³/mol. The molecule has 17 heavy (non-hydrogen) atoms. The zero-order chi connectivity index (χ0) is 13.2. The third-order valence-corrected chi connectivity index (χ3v) is 2.78. The molecule has 0 bridgehead atoms. The molecule has 1 aliphatic heterocycles. The maximum Gasteiger partial charge on any atom is 0.469 e. The van der Waals surface area contributed by atoms with Crippen molar-refractivity contribution in [2.45, 2.75) is 30.6 Å². The van der Waals surface area contributed by atoms with Gasteiger partial charge in [0.2, 0.25) is 0 Å². The van der Waals surface area contributed by atoms with Gasteiger partial charge in [0.25, 0.3) is 0 Å². The second kappa shape index (κ2) is 5.46. The molecule has 1 saturated heterocycles. The van der Waals surface area contributed by atoms with E-state index < -0.39 is 45.0 Å². The largest absolute Gasteiger partial charge is 0.469 e. The Bertz CT molecular complexity index is 321. The Labute approximate surface area is 95.5 Å². The number of hydrogen-bond acceptors (Lipinski definition) is 8. The van der Waals surface area contributed by atoms with E-state index >= 15 is 0 Å². The normalized spacial score (nSPS) is 39.0. The van der Waals surface area contributed by atoms with Gasteiger partial charge in [-0.15, -0.1) is 0 Å². The molecule has 0 aromatic heterocycles. The maximum absolute atomic E-state index is 10.5. The number of phosphoric ester groups is 1. The van der Waals surface area contributed by atoms with Crippen molar-refractivity contribution in [3.05, 3.63) is 4.91 Å². The standard InChI is InChI=1S/C6H13N2O8P/c7-3-5(9)4(8-11)2(16-6(3)10)1-15-17(12,13)14/h2-6,9-10H,1,7H2,(H2,12,13,14)/t2-,3-,4-,5+,6?/m1/s1. The van der Waals surface area contributed by atoms with Crippen LogP contribution in [0.1, 0.15) is 0 Å². The number of hydrogen-bond donors (Lipinski definition) is 5. The van der Waals surface area contributed by atoms with Crippen LogP contribution in [0.25, 0.3) is 0 Å². The fourth-order valence-corrected chi connectivity index (χ4v) is 1.75. The lowest BCUT2D eigenvalue weighted by atomic mass is 9.96. The molecule has 1 unspecified atom stereocenters. The highest BCUT2D eigenvalue weighted by Crippen LogP contribution is 2.37. The van der Waals surface area contributed by atoms with Crippen LogP contribution in [0.3, 0.4) is 0 Å². The van der Waals surface area contributed by atoms with E-state index in [-0.39, 0.29) is 0 Å². The highest BCUT2D eigenvalue weighted by Gasteiger charge is 2.44. The molecule has 100 valence electrons. The number of ether oxygens (including phenoxy) is 1. The molecule has 0 radical (unpaired) electrons. The topological polar surface area (TPSA) is 172 Å². The number of rotatable bonds is 4. The minimum absolute atomic E-state index is 0.707. The summed E-state index contributed by atoms with van der Waals surface area (Å²) < 4.78 is 19.3. The summed E-state index contributed by atoms with van der Waals surface area (Å²) >= 11 is 0. The lowest BCUT2D eigenvalue weighted by Gasteiger charge is -2.37. The van der Waals surface area contributed by atoms with Crippen LogP contribution in [0, 0.1) is 4.91 Å². The molecule has 0 aliphatic carbocycles. The van der Waals surface area contributed by atoms with Crippen molar-refractivity contribution in [1.82, 2.24) is 0 Å². The second-order valence-electron chi connectivity index (χ2n) is 3.52. The van der Waals surface area contributed by atoms with Gasteiger partial charge in [-0.2, -0.15) is 4.91 Å². The molecule has 1 fully saturated rings. The molecule has 0 aromatic carbocycles. The van der Waals surface area contributed by atoms with Crippen LogP contribution in [0.4, 0.5) is 0 Å². The van der Waals surface area contributed by atoms with E-state index in [9.17, 15) is 19.7 Å². The predicted octanol–water partition coefficient (Wildman–Crippen LogP) is -2.36. The third-order valence-electron chi connectivity index (χ3n) is 2.30. The van der Waals surface area contributed by atoms with E-state index in [4.69, 9.17) is 20.3 Å². The molecule has 0 aromatic rings. The Morgan fingerprint density at radius 1 is 1.41 bits per heavy atom. The zero-order valence-corrected chi connectivity index (χ0v) is 9.38. The van der Waals surface area contributed by atoms with Crippen LogP contribution in [-0.2, 0) is 13.8 Å². The quantitative estimate of drug-likeness (QED) is 0.277. The summed E-state index contributed by atoms with van der Waals surface area (Å²) in [5, 5.41) is 21.3. The Balaban J connectivity index is 2.69. The monoisotopic (exact) mass is 272 g/mol. The first-order valence-corrected chi connectivity index (χ1v) is 6.09. The van der Waals surface area contributed by atoms with Gasteiger partial charge < -0.3 is 30.5 Å². The van der Waals surface area contributed by atoms with E-state index in [1.165, 1.54) is 0 Å². The first kappa shape index (κ1) is 14.6. The van der Waals surface area contributed by atoms with Crippen LogP contribution in [0.2, 0.25) is 0 Å². The number of aliphatic hydroxyl groups is 2. The highest BCUT2D eigenvalue weighted by atomic mass is 31.2. The highest BCUT2D eigenvalue weighted by molar-refractivity contribution is 7.46. The maximum atomic E-state index is 10.5. The lowest BCUT2D eigenvalue weighted by molar-refractivity contribution is -0.214. The zero-order valence-electron chi connectivity index (χ0n) is 8.49. The summed E-state index contributed by atoms with van der Waals surface area (Å²) in [6, 6.07) is -2.61. The van der Waals surface area contributed by atoms with Gasteiger partial charge in [-0.05, 0) is 0 Å². The van der Waals surface area contributed by atoms with Gasteiger partial charge in [0.15, 0.2) is 6.29 Å². The van der Waals surface area contributed by atoms with Crippen molar-refractivity contribution in [2.75, 3.05) is 6.61 Å². The molecule has 0 saturated carbocycles. The molecule has 6 N–H and O–H groups in total. The Kier molecular flexibility index (Phi) is 4.69. The van der Waals surface area contributed by atoms with Crippen molar-refractivity contribution < 1.29 is 33.8 Å². The Morgan fingerprint density at radius 3 is 2.47 bits per heavy atom. The van der Waals surface area contributed by atoms with E-state index in [1.54, 1.807) is 0 Å². The van der Waals surface area contributed by atoms with Crippen LogP contribution in [0.15, 0.2) is 5.18 Å². The van der Waals surface area contributed by atoms with E-state index in [1.807, 2.05) is 0 Å². The fourth-order valence-electron chi connectivity index (χ4n) is 1.41. The smallest absolute Gasteiger partial charge is 0.389 e. The SMILES string of the molecule is N[C@H]1C(O)O[C@H](COP(=O)(O)O)[C@@H](N=O)[C@H]1O. The van der Waals surface area contributed by atoms with Gasteiger partial charge in [0.05, 0.1) is 12.6 Å². The minimum Gasteiger partial charge on any atom is -0.389 e. The van der Waals surface area contributed by atoms with Gasteiger partial charge in [0.1, 0.15) is 18.2 Å². The molecule has 1 rings (SSSR count). The van der Waals surface area contributed by atoms with Crippen molar-refractivity contribution in [1.29, 1.82) is 0 Å². The number of aliphatic hydroxyl groups excluding tert-OH is 2. The molecular weight excluding hydrogens is 259 g/mol. The Hall–Kier alpha value is -0.450. The molecule has 5 atom stereocenters. The molecule has 1 aliphatic rings. The second-order valence-corrected chi connectivity index (χ2v) is 4.75. The van der Waals surface area contributed by atoms with Crippen molar-refractivity contribution in [3.63, 3.8) is 0 Å². The average molecular weight is 272 g/mol. The van der Waals surface area contributed by atoms with Crippen LogP contribution >= 0.6 is 7.82 Å². The first-order chi connectivity index (χ1) is 7.76. The minimum atomic E-state index is -4.74. The lowest BCUT2D eigenvalue weighted by Crippen LogP contribution is -2.61. The summed E-state index contributed by atoms with van der Waals surface area (Å²) in [6.07, 6.45) is -4.35. The molecule has 11 heteroatoms. The van der Waals surface area contributed by atoms with Gasteiger partial charge in [0, 0.05) is 0 Å². The van der Waals surface area contributed by atoms with E-state index in [0.717, 1.165) is 0 Å². The van der Waals surface area contributed by atoms with Crippen LogP contribution < -0.4 is 5.73 Å². The van der Waals surface area contributed by atoms with Gasteiger partial charge in [-0.1, -0.05) is 5.18 Å². The molecule has 1 heterocycles. The molecule has 10 nitrogen and oxygen atoms in total. The summed E-state index contributed by atoms with van der Waals surface area (Å²) in [4.78, 5) is 27.4.